The number of phenolic OH excluding ortho intramolecular Hbond substituents is 1. The number of phenols is 1. The molecule has 0 aromatic heterocycles. The minimum absolute atomic E-state index is 0.0947. The molecule has 0 radical (unpaired) electrons. The van der Waals surface area contributed by atoms with Crippen molar-refractivity contribution in [2.24, 2.45) is 5.92 Å². The molecule has 2 amide bonds. The van der Waals surface area contributed by atoms with Gasteiger partial charge in [-0.3, -0.25) is 9.59 Å². The van der Waals surface area contributed by atoms with Gasteiger partial charge in [-0.1, -0.05) is 43.1 Å². The van der Waals surface area contributed by atoms with Crippen molar-refractivity contribution in [3.05, 3.63) is 58.1 Å². The summed E-state index contributed by atoms with van der Waals surface area (Å²) in [4.78, 5) is 29.9. The maximum absolute atomic E-state index is 13.2. The maximum atomic E-state index is 13.2. The molecule has 2 aromatic rings. The van der Waals surface area contributed by atoms with E-state index < -0.39 is 6.04 Å². The monoisotopic (exact) mass is 463 g/mol. The Morgan fingerprint density at radius 1 is 1.06 bits per heavy atom. The number of carbonyl (C=O) groups is 2. The van der Waals surface area contributed by atoms with Crippen LogP contribution in [0.4, 0.5) is 5.69 Å². The topological polar surface area (TPSA) is 72.9 Å². The van der Waals surface area contributed by atoms with E-state index in [1.807, 2.05) is 19.9 Å². The molecule has 1 atom stereocenters. The molecular formula is C23H27Cl2N3O3. The van der Waals surface area contributed by atoms with Crippen LogP contribution in [0.5, 0.6) is 5.75 Å². The molecule has 0 saturated carbocycles. The highest BCUT2D eigenvalue weighted by Crippen LogP contribution is 2.23. The first kappa shape index (κ1) is 23.2. The molecule has 1 heterocycles. The Kier molecular flexibility index (Phi) is 7.68. The molecule has 8 heteroatoms. The lowest BCUT2D eigenvalue weighted by molar-refractivity contribution is -0.134. The molecular weight excluding hydrogens is 437 g/mol. The largest absolute Gasteiger partial charge is 0.508 e. The van der Waals surface area contributed by atoms with Gasteiger partial charge in [0.15, 0.2) is 0 Å². The Labute approximate surface area is 192 Å². The van der Waals surface area contributed by atoms with Crippen LogP contribution >= 0.6 is 23.2 Å². The fraction of sp³-hybridized carbons (Fsp3) is 0.391. The Morgan fingerprint density at radius 3 is 2.39 bits per heavy atom. The van der Waals surface area contributed by atoms with Gasteiger partial charge in [-0.2, -0.15) is 0 Å². The summed E-state index contributed by atoms with van der Waals surface area (Å²) in [6.45, 7) is 6.42. The fourth-order valence-corrected chi connectivity index (χ4v) is 4.19. The highest BCUT2D eigenvalue weighted by molar-refractivity contribution is 6.36. The number of rotatable bonds is 6. The lowest BCUT2D eigenvalue weighted by Gasteiger charge is -2.38. The van der Waals surface area contributed by atoms with Gasteiger partial charge in [0.2, 0.25) is 5.91 Å². The van der Waals surface area contributed by atoms with E-state index >= 15 is 0 Å². The second-order valence-corrected chi connectivity index (χ2v) is 8.96. The van der Waals surface area contributed by atoms with E-state index in [1.165, 1.54) is 6.07 Å². The Morgan fingerprint density at radius 2 is 1.77 bits per heavy atom. The van der Waals surface area contributed by atoms with Gasteiger partial charge in [0.05, 0.1) is 10.6 Å². The van der Waals surface area contributed by atoms with E-state index in [1.54, 1.807) is 35.2 Å². The molecule has 3 rings (SSSR count). The highest BCUT2D eigenvalue weighted by atomic mass is 35.5. The van der Waals surface area contributed by atoms with Gasteiger partial charge < -0.3 is 20.2 Å². The molecule has 0 aliphatic carbocycles. The zero-order valence-electron chi connectivity index (χ0n) is 17.6. The molecule has 1 aliphatic rings. The van der Waals surface area contributed by atoms with Crippen LogP contribution in [0, 0.1) is 5.92 Å². The second-order valence-electron chi connectivity index (χ2n) is 8.11. The van der Waals surface area contributed by atoms with E-state index in [-0.39, 0.29) is 28.5 Å². The van der Waals surface area contributed by atoms with Crippen LogP contribution in [0.15, 0.2) is 42.5 Å². The molecule has 31 heavy (non-hydrogen) atoms. The van der Waals surface area contributed by atoms with E-state index in [0.717, 1.165) is 5.69 Å². The second kappa shape index (κ2) is 10.2. The number of hydrogen-bond donors (Lipinski definition) is 2. The molecule has 2 N–H and O–H groups in total. The van der Waals surface area contributed by atoms with Crippen molar-refractivity contribution in [3.8, 4) is 5.75 Å². The van der Waals surface area contributed by atoms with Crippen LogP contribution in [-0.4, -0.2) is 54.0 Å². The molecule has 6 nitrogen and oxygen atoms in total. The average molecular weight is 464 g/mol. The van der Waals surface area contributed by atoms with Gasteiger partial charge in [-0.25, -0.2) is 0 Å². The molecule has 1 unspecified atom stereocenters. The lowest BCUT2D eigenvalue weighted by Crippen LogP contribution is -2.55. The smallest absolute Gasteiger partial charge is 0.253 e. The average Bonchev–Trinajstić information content (AvgIpc) is 2.72. The minimum atomic E-state index is -0.633. The van der Waals surface area contributed by atoms with Crippen LogP contribution < -0.4 is 10.2 Å². The molecule has 0 spiro atoms. The van der Waals surface area contributed by atoms with Gasteiger partial charge in [-0.05, 0) is 42.7 Å². The van der Waals surface area contributed by atoms with Crippen LogP contribution in [0.25, 0.3) is 0 Å². The van der Waals surface area contributed by atoms with Crippen molar-refractivity contribution in [1.82, 2.24) is 10.2 Å². The third-order valence-electron chi connectivity index (χ3n) is 5.27. The van der Waals surface area contributed by atoms with Crippen molar-refractivity contribution in [2.75, 3.05) is 31.1 Å². The maximum Gasteiger partial charge on any atom is 0.253 e. The predicted molar refractivity (Wildman–Crippen MR) is 124 cm³/mol. The number of halogens is 2. The van der Waals surface area contributed by atoms with Crippen LogP contribution in [0.3, 0.4) is 0 Å². The quantitative estimate of drug-likeness (QED) is 0.673. The third kappa shape index (κ3) is 6.05. The molecule has 0 bridgehead atoms. The number of amides is 2. The molecule has 1 saturated heterocycles. The van der Waals surface area contributed by atoms with E-state index in [4.69, 9.17) is 23.2 Å². The van der Waals surface area contributed by atoms with Crippen LogP contribution in [-0.2, 0) is 4.79 Å². The fourth-order valence-electron chi connectivity index (χ4n) is 3.70. The number of benzene rings is 2. The first-order chi connectivity index (χ1) is 14.7. The standard InChI is InChI=1S/C23H27Cl2N3O3/c1-15(2)12-21(26-22(30)19-7-6-16(24)13-20(19)25)23(31)28-10-8-27(9-11-28)17-4-3-5-18(29)14-17/h3-7,13-15,21,29H,8-12H2,1-2H3,(H,26,30). The van der Waals surface area contributed by atoms with Crippen molar-refractivity contribution in [3.63, 3.8) is 0 Å². The number of anilines is 1. The summed E-state index contributed by atoms with van der Waals surface area (Å²) < 4.78 is 0. The zero-order chi connectivity index (χ0) is 22.5. The Balaban J connectivity index is 1.66. The molecule has 2 aromatic carbocycles. The summed E-state index contributed by atoms with van der Waals surface area (Å²) in [6, 6.07) is 11.1. The lowest BCUT2D eigenvalue weighted by atomic mass is 10.0. The summed E-state index contributed by atoms with van der Waals surface area (Å²) in [5.74, 6) is -0.0399. The Hall–Kier alpha value is -2.44. The van der Waals surface area contributed by atoms with Gasteiger partial charge in [-0.15, -0.1) is 0 Å². The Bertz CT molecular complexity index is 943. The van der Waals surface area contributed by atoms with Crippen molar-refractivity contribution < 1.29 is 14.7 Å². The number of nitrogens with one attached hydrogen (secondary N) is 1. The van der Waals surface area contributed by atoms with Crippen molar-refractivity contribution >= 4 is 40.7 Å². The van der Waals surface area contributed by atoms with Gasteiger partial charge in [0.1, 0.15) is 11.8 Å². The van der Waals surface area contributed by atoms with Crippen LogP contribution in [0.1, 0.15) is 30.6 Å². The van der Waals surface area contributed by atoms with E-state index in [0.29, 0.717) is 43.2 Å². The first-order valence-corrected chi connectivity index (χ1v) is 11.1. The number of nitrogens with zero attached hydrogens (tertiary/aromatic N) is 2. The summed E-state index contributed by atoms with van der Waals surface area (Å²) >= 11 is 12.1. The number of carbonyl (C=O) groups excluding carboxylic acids is 2. The van der Waals surface area contributed by atoms with Gasteiger partial charge >= 0.3 is 0 Å². The summed E-state index contributed by atoms with van der Waals surface area (Å²) in [7, 11) is 0. The van der Waals surface area contributed by atoms with Gasteiger partial charge in [0, 0.05) is 43.0 Å². The van der Waals surface area contributed by atoms with E-state index in [9.17, 15) is 14.7 Å². The number of hydrogen-bond acceptors (Lipinski definition) is 4. The molecule has 1 aliphatic heterocycles. The summed E-state index contributed by atoms with van der Waals surface area (Å²) in [5.41, 5.74) is 1.22. The molecule has 166 valence electrons. The minimum Gasteiger partial charge on any atom is -0.508 e. The molecule has 1 fully saturated rings. The SMILES string of the molecule is CC(C)CC(NC(=O)c1ccc(Cl)cc1Cl)C(=O)N1CCN(c2cccc(O)c2)CC1. The van der Waals surface area contributed by atoms with Crippen molar-refractivity contribution in [2.45, 2.75) is 26.3 Å². The van der Waals surface area contributed by atoms with E-state index in [2.05, 4.69) is 10.2 Å². The zero-order valence-corrected chi connectivity index (χ0v) is 19.2. The summed E-state index contributed by atoms with van der Waals surface area (Å²) in [5, 5.41) is 13.3. The predicted octanol–water partition coefficient (Wildman–Crippen LogP) is 4.19. The number of piperazine rings is 1. The van der Waals surface area contributed by atoms with Crippen LogP contribution in [0.2, 0.25) is 10.0 Å². The first-order valence-electron chi connectivity index (χ1n) is 10.3. The summed E-state index contributed by atoms with van der Waals surface area (Å²) in [6.07, 6.45) is 0.530. The third-order valence-corrected chi connectivity index (χ3v) is 5.82. The van der Waals surface area contributed by atoms with Crippen molar-refractivity contribution in [1.29, 1.82) is 0 Å². The normalized spacial score (nSPS) is 15.1. The highest BCUT2D eigenvalue weighted by Gasteiger charge is 2.30. The van der Waals surface area contributed by atoms with Gasteiger partial charge in [0.25, 0.3) is 5.91 Å². The number of aromatic hydroxyl groups is 1.